The number of nitriles is 1. The molecule has 0 aliphatic rings. The average molecular weight is 230 g/mol. The predicted molar refractivity (Wildman–Crippen MR) is 67.1 cm³/mol. The van der Waals surface area contributed by atoms with Crippen molar-refractivity contribution in [3.63, 3.8) is 0 Å². The predicted octanol–water partition coefficient (Wildman–Crippen LogP) is 2.28. The highest BCUT2D eigenvalue weighted by Crippen LogP contribution is 2.10. The summed E-state index contributed by atoms with van der Waals surface area (Å²) in [4.78, 5) is 11.9. The molecule has 0 saturated carbocycles. The molecule has 0 aliphatic heterocycles. The van der Waals surface area contributed by atoms with Crippen LogP contribution in [0.4, 0.5) is 0 Å². The van der Waals surface area contributed by atoms with Crippen LogP contribution >= 0.6 is 0 Å². The number of benzene rings is 1. The number of carbonyl (C=O) groups excluding carboxylic acids is 1. The monoisotopic (exact) mass is 230 g/mol. The van der Waals surface area contributed by atoms with E-state index in [9.17, 15) is 4.79 Å². The molecule has 1 aromatic rings. The van der Waals surface area contributed by atoms with Gasteiger partial charge >= 0.3 is 0 Å². The standard InChI is InChI=1S/C14H18N2O/c1-11(9-12-7-5-4-6-8-12)13(17)16-14(2,3)10-15/h4-8,11H,9H2,1-3H3,(H,16,17). The Bertz CT molecular complexity index is 418. The molecule has 0 radical (unpaired) electrons. The second-order valence-electron chi connectivity index (χ2n) is 4.82. The molecule has 1 aromatic carbocycles. The Morgan fingerprint density at radius 1 is 1.41 bits per heavy atom. The highest BCUT2D eigenvalue weighted by molar-refractivity contribution is 5.79. The van der Waals surface area contributed by atoms with E-state index in [2.05, 4.69) is 11.4 Å². The first-order valence-corrected chi connectivity index (χ1v) is 5.72. The van der Waals surface area contributed by atoms with Gasteiger partial charge in [0.25, 0.3) is 0 Å². The minimum atomic E-state index is -0.804. The second kappa shape index (κ2) is 5.49. The van der Waals surface area contributed by atoms with Crippen LogP contribution in [0.25, 0.3) is 0 Å². The molecular formula is C14H18N2O. The van der Waals surface area contributed by atoms with E-state index in [1.807, 2.05) is 37.3 Å². The third kappa shape index (κ3) is 4.28. The zero-order valence-electron chi connectivity index (χ0n) is 10.5. The molecule has 0 fully saturated rings. The third-order valence-electron chi connectivity index (χ3n) is 2.55. The van der Waals surface area contributed by atoms with Crippen LogP contribution in [0.15, 0.2) is 30.3 Å². The van der Waals surface area contributed by atoms with E-state index >= 15 is 0 Å². The number of nitrogens with one attached hydrogen (secondary N) is 1. The first-order valence-electron chi connectivity index (χ1n) is 5.72. The van der Waals surface area contributed by atoms with Gasteiger partial charge in [-0.05, 0) is 25.8 Å². The van der Waals surface area contributed by atoms with Gasteiger partial charge < -0.3 is 5.32 Å². The van der Waals surface area contributed by atoms with Crippen LogP contribution in [0.3, 0.4) is 0 Å². The lowest BCUT2D eigenvalue weighted by Gasteiger charge is -2.20. The van der Waals surface area contributed by atoms with Gasteiger partial charge in [-0.15, -0.1) is 0 Å². The van der Waals surface area contributed by atoms with Gasteiger partial charge in [0, 0.05) is 5.92 Å². The van der Waals surface area contributed by atoms with E-state index in [0.717, 1.165) is 5.56 Å². The fourth-order valence-corrected chi connectivity index (χ4v) is 1.52. The van der Waals surface area contributed by atoms with Crippen LogP contribution in [0.2, 0.25) is 0 Å². The molecule has 0 spiro atoms. The van der Waals surface area contributed by atoms with Gasteiger partial charge in [0.2, 0.25) is 5.91 Å². The van der Waals surface area contributed by atoms with E-state index in [4.69, 9.17) is 5.26 Å². The van der Waals surface area contributed by atoms with Crippen molar-refractivity contribution in [1.29, 1.82) is 5.26 Å². The van der Waals surface area contributed by atoms with Crippen molar-refractivity contribution in [3.05, 3.63) is 35.9 Å². The maximum atomic E-state index is 11.9. The molecule has 1 atom stereocenters. The molecule has 3 nitrogen and oxygen atoms in total. The van der Waals surface area contributed by atoms with Gasteiger partial charge in [-0.1, -0.05) is 37.3 Å². The summed E-state index contributed by atoms with van der Waals surface area (Å²) in [5, 5.41) is 11.6. The minimum Gasteiger partial charge on any atom is -0.338 e. The number of carbonyl (C=O) groups is 1. The SMILES string of the molecule is CC(Cc1ccccc1)C(=O)NC(C)(C)C#N. The fourth-order valence-electron chi connectivity index (χ4n) is 1.52. The van der Waals surface area contributed by atoms with Gasteiger partial charge in [0.15, 0.2) is 0 Å². The molecule has 3 heteroatoms. The fraction of sp³-hybridized carbons (Fsp3) is 0.429. The Labute approximate surface area is 102 Å². The number of amides is 1. The van der Waals surface area contributed by atoms with Crippen molar-refractivity contribution < 1.29 is 4.79 Å². The van der Waals surface area contributed by atoms with Crippen molar-refractivity contribution in [2.75, 3.05) is 0 Å². The smallest absolute Gasteiger partial charge is 0.224 e. The molecule has 90 valence electrons. The summed E-state index contributed by atoms with van der Waals surface area (Å²) in [7, 11) is 0. The van der Waals surface area contributed by atoms with E-state index in [1.54, 1.807) is 13.8 Å². The molecule has 0 aromatic heterocycles. The molecule has 17 heavy (non-hydrogen) atoms. The molecular weight excluding hydrogens is 212 g/mol. The van der Waals surface area contributed by atoms with Crippen LogP contribution in [0.5, 0.6) is 0 Å². The van der Waals surface area contributed by atoms with Crippen molar-refractivity contribution in [1.82, 2.24) is 5.32 Å². The summed E-state index contributed by atoms with van der Waals surface area (Å²) in [6, 6.07) is 11.9. The van der Waals surface area contributed by atoms with Crippen LogP contribution in [0.1, 0.15) is 26.3 Å². The molecule has 1 unspecified atom stereocenters. The van der Waals surface area contributed by atoms with Crippen molar-refractivity contribution >= 4 is 5.91 Å². The van der Waals surface area contributed by atoms with Crippen LogP contribution < -0.4 is 5.32 Å². The Balaban J connectivity index is 2.57. The van der Waals surface area contributed by atoms with E-state index in [1.165, 1.54) is 0 Å². The summed E-state index contributed by atoms with van der Waals surface area (Å²) in [6.45, 7) is 5.26. The van der Waals surface area contributed by atoms with Gasteiger partial charge in [0.1, 0.15) is 5.54 Å². The van der Waals surface area contributed by atoms with Gasteiger partial charge in [0.05, 0.1) is 6.07 Å². The largest absolute Gasteiger partial charge is 0.338 e. The van der Waals surface area contributed by atoms with Crippen molar-refractivity contribution in [2.45, 2.75) is 32.7 Å². The van der Waals surface area contributed by atoms with Gasteiger partial charge in [-0.3, -0.25) is 4.79 Å². The number of nitrogens with zero attached hydrogens (tertiary/aromatic N) is 1. The molecule has 1 rings (SSSR count). The minimum absolute atomic E-state index is 0.0830. The maximum absolute atomic E-state index is 11.9. The molecule has 1 N–H and O–H groups in total. The molecule has 0 aliphatic carbocycles. The van der Waals surface area contributed by atoms with E-state index in [-0.39, 0.29) is 11.8 Å². The molecule has 0 heterocycles. The summed E-state index contributed by atoms with van der Waals surface area (Å²) in [5.74, 6) is -0.217. The van der Waals surface area contributed by atoms with Crippen LogP contribution in [-0.4, -0.2) is 11.4 Å². The highest BCUT2D eigenvalue weighted by atomic mass is 16.2. The van der Waals surface area contributed by atoms with Crippen molar-refractivity contribution in [2.24, 2.45) is 5.92 Å². The van der Waals surface area contributed by atoms with Gasteiger partial charge in [-0.25, -0.2) is 0 Å². The Kier molecular flexibility index (Phi) is 4.28. The first-order chi connectivity index (χ1) is 7.94. The van der Waals surface area contributed by atoms with Gasteiger partial charge in [-0.2, -0.15) is 5.26 Å². The Morgan fingerprint density at radius 2 is 2.00 bits per heavy atom. The topological polar surface area (TPSA) is 52.9 Å². The maximum Gasteiger partial charge on any atom is 0.224 e. The third-order valence-corrected chi connectivity index (χ3v) is 2.55. The lowest BCUT2D eigenvalue weighted by Crippen LogP contribution is -2.44. The molecule has 0 bridgehead atoms. The van der Waals surface area contributed by atoms with E-state index < -0.39 is 5.54 Å². The Hall–Kier alpha value is -1.82. The Morgan fingerprint density at radius 3 is 2.53 bits per heavy atom. The summed E-state index contributed by atoms with van der Waals surface area (Å²) < 4.78 is 0. The lowest BCUT2D eigenvalue weighted by molar-refractivity contribution is -0.125. The first kappa shape index (κ1) is 13.2. The van der Waals surface area contributed by atoms with Crippen LogP contribution in [0, 0.1) is 17.2 Å². The lowest BCUT2D eigenvalue weighted by atomic mass is 9.98. The average Bonchev–Trinajstić information content (AvgIpc) is 2.30. The second-order valence-corrected chi connectivity index (χ2v) is 4.82. The number of hydrogen-bond donors (Lipinski definition) is 1. The van der Waals surface area contributed by atoms with Crippen molar-refractivity contribution in [3.8, 4) is 6.07 Å². The number of rotatable bonds is 4. The van der Waals surface area contributed by atoms with E-state index in [0.29, 0.717) is 6.42 Å². The summed E-state index contributed by atoms with van der Waals surface area (Å²) >= 11 is 0. The molecule has 1 amide bonds. The van der Waals surface area contributed by atoms with Crippen LogP contribution in [-0.2, 0) is 11.2 Å². The zero-order chi connectivity index (χ0) is 12.9. The number of hydrogen-bond acceptors (Lipinski definition) is 2. The molecule has 0 saturated heterocycles. The summed E-state index contributed by atoms with van der Waals surface area (Å²) in [5.41, 5.74) is 0.326. The highest BCUT2D eigenvalue weighted by Gasteiger charge is 2.22. The normalized spacial score (nSPS) is 12.6. The summed E-state index contributed by atoms with van der Waals surface area (Å²) in [6.07, 6.45) is 0.689. The quantitative estimate of drug-likeness (QED) is 0.862. The zero-order valence-corrected chi connectivity index (χ0v) is 10.5.